The van der Waals surface area contributed by atoms with E-state index in [1.807, 2.05) is 24.3 Å². The fraction of sp³-hybridized carbons (Fsp3) is 0.0625. The third-order valence-corrected chi connectivity index (χ3v) is 4.47. The molecule has 7 nitrogen and oxygen atoms in total. The summed E-state index contributed by atoms with van der Waals surface area (Å²) in [6.07, 6.45) is 2.34. The largest absolute Gasteiger partial charge is 0.448 e. The molecule has 0 unspecified atom stereocenters. The van der Waals surface area contributed by atoms with Crippen LogP contribution in [0.1, 0.15) is 0 Å². The molecule has 0 fully saturated rings. The van der Waals surface area contributed by atoms with Crippen LogP contribution in [0.3, 0.4) is 0 Å². The number of benzene rings is 2. The molecule has 0 aliphatic rings. The van der Waals surface area contributed by atoms with Gasteiger partial charge >= 0.3 is 5.69 Å². The summed E-state index contributed by atoms with van der Waals surface area (Å²) in [5, 5.41) is 12.1. The van der Waals surface area contributed by atoms with Gasteiger partial charge in [0.05, 0.1) is 16.6 Å². The van der Waals surface area contributed by atoms with Gasteiger partial charge in [0.1, 0.15) is 10.6 Å². The molecule has 0 atom stereocenters. The second-order valence-corrected chi connectivity index (χ2v) is 7.08. The van der Waals surface area contributed by atoms with E-state index in [1.54, 1.807) is 6.07 Å². The third kappa shape index (κ3) is 3.04. The van der Waals surface area contributed by atoms with Gasteiger partial charge in [-0.2, -0.15) is 0 Å². The first kappa shape index (κ1) is 15.9. The van der Waals surface area contributed by atoms with Gasteiger partial charge in [-0.15, -0.1) is 0 Å². The lowest BCUT2D eigenvalue weighted by Crippen LogP contribution is -2.04. The van der Waals surface area contributed by atoms with Gasteiger partial charge in [0, 0.05) is 11.6 Å². The number of nitrogens with zero attached hydrogens (tertiary/aromatic N) is 2. The van der Waals surface area contributed by atoms with Gasteiger partial charge in [0.25, 0.3) is 0 Å². The van der Waals surface area contributed by atoms with Gasteiger partial charge < -0.3 is 4.74 Å². The van der Waals surface area contributed by atoms with Crippen molar-refractivity contribution in [3.8, 4) is 11.5 Å². The van der Waals surface area contributed by atoms with Crippen molar-refractivity contribution in [3.63, 3.8) is 0 Å². The highest BCUT2D eigenvalue weighted by Gasteiger charge is 2.27. The molecule has 0 saturated heterocycles. The van der Waals surface area contributed by atoms with Crippen LogP contribution < -0.4 is 4.74 Å². The standard InChI is InChI=1S/C16H12N2O5S/c1-24(21,22)15-8-4-7-14(16(15)18(19)20)23-12-9-11-5-2-3-6-13(11)17-10-12/h2-10H,1H3. The molecule has 24 heavy (non-hydrogen) atoms. The van der Waals surface area contributed by atoms with Gasteiger partial charge in [-0.05, 0) is 24.3 Å². The zero-order chi connectivity index (χ0) is 17.3. The Morgan fingerprint density at radius 2 is 1.88 bits per heavy atom. The molecule has 0 radical (unpaired) electrons. The maximum atomic E-state index is 11.8. The summed E-state index contributed by atoms with van der Waals surface area (Å²) in [6.45, 7) is 0. The Kier molecular flexibility index (Phi) is 3.90. The number of nitro groups is 1. The summed E-state index contributed by atoms with van der Waals surface area (Å²) in [5.41, 5.74) is 0.164. The lowest BCUT2D eigenvalue weighted by atomic mass is 10.2. The Labute approximate surface area is 137 Å². The van der Waals surface area contributed by atoms with E-state index in [0.29, 0.717) is 0 Å². The van der Waals surface area contributed by atoms with E-state index in [-0.39, 0.29) is 11.5 Å². The molecule has 0 aliphatic heterocycles. The van der Waals surface area contributed by atoms with Gasteiger partial charge in [0.2, 0.25) is 5.75 Å². The van der Waals surface area contributed by atoms with E-state index in [9.17, 15) is 18.5 Å². The summed E-state index contributed by atoms with van der Waals surface area (Å²) in [7, 11) is -3.77. The predicted octanol–water partition coefficient (Wildman–Crippen LogP) is 3.34. The Balaban J connectivity index is 2.10. The third-order valence-electron chi connectivity index (χ3n) is 3.34. The average Bonchev–Trinajstić information content (AvgIpc) is 2.53. The summed E-state index contributed by atoms with van der Waals surface area (Å²) >= 11 is 0. The fourth-order valence-electron chi connectivity index (χ4n) is 2.30. The first-order valence-electron chi connectivity index (χ1n) is 6.86. The van der Waals surface area contributed by atoms with Crippen molar-refractivity contribution < 1.29 is 18.1 Å². The van der Waals surface area contributed by atoms with Crippen LogP contribution in [0.25, 0.3) is 10.9 Å². The number of aromatic nitrogens is 1. The average molecular weight is 344 g/mol. The van der Waals surface area contributed by atoms with Crippen LogP contribution in [0.5, 0.6) is 11.5 Å². The van der Waals surface area contributed by atoms with Gasteiger partial charge in [-0.25, -0.2) is 8.42 Å². The van der Waals surface area contributed by atoms with Crippen LogP contribution in [0.15, 0.2) is 59.6 Å². The fourth-order valence-corrected chi connectivity index (χ4v) is 3.15. The molecule has 0 N–H and O–H groups in total. The van der Waals surface area contributed by atoms with E-state index in [0.717, 1.165) is 17.2 Å². The van der Waals surface area contributed by atoms with E-state index in [2.05, 4.69) is 4.98 Å². The Morgan fingerprint density at radius 1 is 1.12 bits per heavy atom. The molecule has 2 aromatic carbocycles. The molecule has 122 valence electrons. The number of sulfone groups is 1. The topological polar surface area (TPSA) is 99.4 Å². The van der Waals surface area contributed by atoms with Crippen molar-refractivity contribution in [1.29, 1.82) is 0 Å². The second kappa shape index (κ2) is 5.89. The van der Waals surface area contributed by atoms with E-state index in [1.165, 1.54) is 24.4 Å². The Bertz CT molecular complexity index is 1050. The van der Waals surface area contributed by atoms with Crippen LogP contribution in [0.4, 0.5) is 5.69 Å². The maximum absolute atomic E-state index is 11.8. The highest BCUT2D eigenvalue weighted by molar-refractivity contribution is 7.90. The molecule has 0 spiro atoms. The second-order valence-electron chi connectivity index (χ2n) is 5.10. The molecular weight excluding hydrogens is 332 g/mol. The quantitative estimate of drug-likeness (QED) is 0.531. The van der Waals surface area contributed by atoms with Crippen LogP contribution in [0.2, 0.25) is 0 Å². The molecule has 0 aliphatic carbocycles. The minimum absolute atomic E-state index is 0.153. The lowest BCUT2D eigenvalue weighted by Gasteiger charge is -2.09. The molecule has 3 rings (SSSR count). The van der Waals surface area contributed by atoms with Gasteiger partial charge in [0.15, 0.2) is 9.84 Å². The number of fused-ring (bicyclic) bond motifs is 1. The molecule has 8 heteroatoms. The van der Waals surface area contributed by atoms with Crippen molar-refractivity contribution in [2.24, 2.45) is 0 Å². The van der Waals surface area contributed by atoms with Crippen LogP contribution in [-0.2, 0) is 9.84 Å². The van der Waals surface area contributed by atoms with Crippen LogP contribution >= 0.6 is 0 Å². The number of ether oxygens (including phenoxy) is 1. The molecule has 0 saturated carbocycles. The summed E-state index contributed by atoms with van der Waals surface area (Å²) < 4.78 is 29.1. The molecule has 1 heterocycles. The lowest BCUT2D eigenvalue weighted by molar-refractivity contribution is -0.388. The predicted molar refractivity (Wildman–Crippen MR) is 88.0 cm³/mol. The van der Waals surface area contributed by atoms with Crippen LogP contribution in [0, 0.1) is 10.1 Å². The Morgan fingerprint density at radius 3 is 2.58 bits per heavy atom. The van der Waals surface area contributed by atoms with Gasteiger partial charge in [-0.1, -0.05) is 24.3 Å². The number of rotatable bonds is 4. The van der Waals surface area contributed by atoms with E-state index in [4.69, 9.17) is 4.74 Å². The monoisotopic (exact) mass is 344 g/mol. The van der Waals surface area contributed by atoms with Crippen molar-refractivity contribution in [2.45, 2.75) is 4.90 Å². The summed E-state index contributed by atoms with van der Waals surface area (Å²) in [6, 6.07) is 12.9. The van der Waals surface area contributed by atoms with Crippen molar-refractivity contribution in [3.05, 3.63) is 64.8 Å². The minimum Gasteiger partial charge on any atom is -0.448 e. The molecule has 1 aromatic heterocycles. The van der Waals surface area contributed by atoms with E-state index >= 15 is 0 Å². The van der Waals surface area contributed by atoms with Crippen molar-refractivity contribution in [2.75, 3.05) is 6.26 Å². The number of hydrogen-bond acceptors (Lipinski definition) is 6. The number of hydrogen-bond donors (Lipinski definition) is 0. The van der Waals surface area contributed by atoms with Crippen molar-refractivity contribution in [1.82, 2.24) is 4.98 Å². The summed E-state index contributed by atoms with van der Waals surface area (Å²) in [4.78, 5) is 14.4. The zero-order valence-electron chi connectivity index (χ0n) is 12.5. The smallest absolute Gasteiger partial charge is 0.330 e. The molecule has 0 bridgehead atoms. The highest BCUT2D eigenvalue weighted by Crippen LogP contribution is 2.36. The first-order valence-corrected chi connectivity index (χ1v) is 8.75. The molecular formula is C16H12N2O5S. The Hall–Kier alpha value is -3.00. The minimum atomic E-state index is -3.77. The number of para-hydroxylation sites is 2. The maximum Gasteiger partial charge on any atom is 0.330 e. The number of pyridine rings is 1. The molecule has 0 amide bonds. The SMILES string of the molecule is CS(=O)(=O)c1cccc(Oc2cnc3ccccc3c2)c1[N+](=O)[O-]. The van der Waals surface area contributed by atoms with Crippen molar-refractivity contribution >= 4 is 26.4 Å². The molecule has 3 aromatic rings. The number of nitro benzene ring substituents is 1. The van der Waals surface area contributed by atoms with E-state index < -0.39 is 25.3 Å². The highest BCUT2D eigenvalue weighted by atomic mass is 32.2. The van der Waals surface area contributed by atoms with Gasteiger partial charge in [-0.3, -0.25) is 15.1 Å². The zero-order valence-corrected chi connectivity index (χ0v) is 13.4. The summed E-state index contributed by atoms with van der Waals surface area (Å²) in [5.74, 6) is 0.127. The first-order chi connectivity index (χ1) is 11.4. The normalized spacial score (nSPS) is 11.4. The van der Waals surface area contributed by atoms with Crippen LogP contribution in [-0.4, -0.2) is 24.6 Å².